The lowest BCUT2D eigenvalue weighted by atomic mass is 9.35. The second-order valence-electron chi connectivity index (χ2n) is 9.01. The van der Waals surface area contributed by atoms with Crippen LogP contribution in [0.25, 0.3) is 5.57 Å². The third kappa shape index (κ3) is 2.72. The number of nitrogens with zero attached hydrogens (tertiary/aromatic N) is 5. The van der Waals surface area contributed by atoms with E-state index in [1.165, 1.54) is 6.20 Å². The Morgan fingerprint density at radius 1 is 1.43 bits per heavy atom. The highest BCUT2D eigenvalue weighted by atomic mass is 16.2. The van der Waals surface area contributed by atoms with Crippen molar-refractivity contribution >= 4 is 23.6 Å². The van der Waals surface area contributed by atoms with Gasteiger partial charge < -0.3 is 16.0 Å². The third-order valence-corrected chi connectivity index (χ3v) is 7.04. The van der Waals surface area contributed by atoms with Gasteiger partial charge in [-0.05, 0) is 50.2 Å². The van der Waals surface area contributed by atoms with E-state index >= 15 is 0 Å². The first-order valence-electron chi connectivity index (χ1n) is 10.4. The minimum Gasteiger partial charge on any atom is -0.403 e. The molecule has 3 N–H and O–H groups in total. The Morgan fingerprint density at radius 3 is 2.90 bits per heavy atom. The summed E-state index contributed by atoms with van der Waals surface area (Å²) in [5, 5.41) is 12.3. The monoisotopic (exact) mass is 403 g/mol. The van der Waals surface area contributed by atoms with Crippen LogP contribution in [0, 0.1) is 22.2 Å². The normalized spacial score (nSPS) is 34.1. The lowest BCUT2D eigenvalue weighted by molar-refractivity contribution is -0.198. The minimum absolute atomic E-state index is 0.122. The Bertz CT molecular complexity index is 1010. The van der Waals surface area contributed by atoms with Crippen molar-refractivity contribution in [2.75, 3.05) is 12.4 Å². The molecule has 2 aliphatic heterocycles. The first kappa shape index (κ1) is 18.8. The molecule has 5 aliphatic rings. The number of nitriles is 1. The minimum atomic E-state index is -0.250. The number of carbonyl (C=O) groups is 1. The average Bonchev–Trinajstić information content (AvgIpc) is 2.95. The van der Waals surface area contributed by atoms with Gasteiger partial charge in [0.2, 0.25) is 11.9 Å². The molecule has 1 saturated heterocycles. The maximum Gasteiger partial charge on any atom is 0.229 e. The fourth-order valence-corrected chi connectivity index (χ4v) is 5.73. The number of hydrogen-bond donors (Lipinski definition) is 2. The lowest BCUT2D eigenvalue weighted by Crippen LogP contribution is -2.68. The number of nitrogens with two attached hydrogens (primary N) is 1. The topological polar surface area (TPSA) is 120 Å². The molecule has 30 heavy (non-hydrogen) atoms. The van der Waals surface area contributed by atoms with Gasteiger partial charge in [-0.3, -0.25) is 9.79 Å². The van der Waals surface area contributed by atoms with Crippen LogP contribution in [0.5, 0.6) is 0 Å². The molecule has 1 amide bonds. The Hall–Kier alpha value is -3.21. The maximum atomic E-state index is 13.3. The summed E-state index contributed by atoms with van der Waals surface area (Å²) < 4.78 is 0. The predicted octanol–water partition coefficient (Wildman–Crippen LogP) is 2.23. The molecule has 8 heteroatoms. The number of fused-ring (bicyclic) bond motifs is 2. The van der Waals surface area contributed by atoms with Gasteiger partial charge in [-0.2, -0.15) is 5.26 Å². The third-order valence-electron chi connectivity index (χ3n) is 7.04. The van der Waals surface area contributed by atoms with Crippen molar-refractivity contribution in [2.24, 2.45) is 21.6 Å². The number of rotatable bonds is 5. The molecule has 3 heterocycles. The van der Waals surface area contributed by atoms with Crippen molar-refractivity contribution in [1.82, 2.24) is 14.9 Å². The van der Waals surface area contributed by atoms with Crippen molar-refractivity contribution in [3.63, 3.8) is 0 Å². The number of aromatic nitrogens is 2. The van der Waals surface area contributed by atoms with E-state index in [0.717, 1.165) is 49.8 Å². The number of aliphatic imine (C=N–C) groups is 1. The Balaban J connectivity index is 1.34. The van der Waals surface area contributed by atoms with Gasteiger partial charge >= 0.3 is 0 Å². The van der Waals surface area contributed by atoms with Gasteiger partial charge in [-0.25, -0.2) is 9.97 Å². The van der Waals surface area contributed by atoms with Crippen LogP contribution >= 0.6 is 0 Å². The lowest BCUT2D eigenvalue weighted by Gasteiger charge is -2.66. The second kappa shape index (κ2) is 6.66. The number of allylic oxidation sites excluding steroid dienone is 1. The van der Waals surface area contributed by atoms with Crippen molar-refractivity contribution < 1.29 is 4.79 Å². The molecule has 1 aromatic rings. The van der Waals surface area contributed by atoms with Gasteiger partial charge in [-0.1, -0.05) is 6.08 Å². The molecule has 3 aliphatic carbocycles. The summed E-state index contributed by atoms with van der Waals surface area (Å²) in [4.78, 5) is 28.3. The zero-order valence-electron chi connectivity index (χ0n) is 17.0. The van der Waals surface area contributed by atoms with E-state index in [9.17, 15) is 10.1 Å². The second-order valence-corrected chi connectivity index (χ2v) is 9.01. The fourth-order valence-electron chi connectivity index (χ4n) is 5.73. The van der Waals surface area contributed by atoms with Gasteiger partial charge in [0.05, 0.1) is 34.3 Å². The van der Waals surface area contributed by atoms with Crippen LogP contribution in [-0.2, 0) is 4.79 Å². The molecule has 154 valence electrons. The van der Waals surface area contributed by atoms with Crippen LogP contribution in [0.1, 0.15) is 44.2 Å². The van der Waals surface area contributed by atoms with Crippen LogP contribution in [0.4, 0.5) is 5.95 Å². The van der Waals surface area contributed by atoms with Gasteiger partial charge in [0.25, 0.3) is 0 Å². The Kier molecular flexibility index (Phi) is 4.17. The van der Waals surface area contributed by atoms with E-state index in [1.807, 2.05) is 6.07 Å². The zero-order valence-corrected chi connectivity index (χ0v) is 17.0. The van der Waals surface area contributed by atoms with E-state index in [4.69, 9.17) is 5.73 Å². The Morgan fingerprint density at radius 2 is 2.23 bits per heavy atom. The van der Waals surface area contributed by atoms with Crippen LogP contribution in [-0.4, -0.2) is 46.1 Å². The summed E-state index contributed by atoms with van der Waals surface area (Å²) in [6.45, 7) is 0. The van der Waals surface area contributed by atoms with Crippen LogP contribution < -0.4 is 11.1 Å². The van der Waals surface area contributed by atoms with Gasteiger partial charge in [-0.15, -0.1) is 0 Å². The highest BCUT2D eigenvalue weighted by molar-refractivity contribution is 5.89. The summed E-state index contributed by atoms with van der Waals surface area (Å²) in [6.07, 6.45) is 12.0. The summed E-state index contributed by atoms with van der Waals surface area (Å²) in [6, 6.07) is 4.65. The average molecular weight is 403 g/mol. The summed E-state index contributed by atoms with van der Waals surface area (Å²) >= 11 is 0. The van der Waals surface area contributed by atoms with Crippen molar-refractivity contribution in [1.29, 1.82) is 5.26 Å². The van der Waals surface area contributed by atoms with Crippen LogP contribution in [0.15, 0.2) is 35.2 Å². The van der Waals surface area contributed by atoms with E-state index < -0.39 is 0 Å². The molecule has 3 saturated carbocycles. The molecular weight excluding hydrogens is 378 g/mol. The molecule has 0 radical (unpaired) electrons. The highest BCUT2D eigenvalue weighted by Gasteiger charge is 2.73. The summed E-state index contributed by atoms with van der Waals surface area (Å²) in [5.74, 6) is 0.732. The molecule has 4 fully saturated rings. The molecule has 2 unspecified atom stereocenters. The maximum absolute atomic E-state index is 13.3. The van der Waals surface area contributed by atoms with Crippen LogP contribution in [0.2, 0.25) is 0 Å². The first-order valence-corrected chi connectivity index (χ1v) is 10.4. The smallest absolute Gasteiger partial charge is 0.229 e. The largest absolute Gasteiger partial charge is 0.403 e. The van der Waals surface area contributed by atoms with Crippen molar-refractivity contribution in [3.8, 4) is 6.07 Å². The molecule has 0 spiro atoms. The van der Waals surface area contributed by atoms with E-state index in [1.54, 1.807) is 19.5 Å². The number of nitrogens with one attached hydrogen (secondary N) is 1. The van der Waals surface area contributed by atoms with E-state index in [0.29, 0.717) is 11.6 Å². The predicted molar refractivity (Wildman–Crippen MR) is 113 cm³/mol. The quantitative estimate of drug-likeness (QED) is 0.728. The van der Waals surface area contributed by atoms with Gasteiger partial charge in [0.1, 0.15) is 0 Å². The number of carbonyl (C=O) groups excluding carboxylic acids is 1. The van der Waals surface area contributed by atoms with E-state index in [2.05, 4.69) is 37.3 Å². The van der Waals surface area contributed by atoms with Gasteiger partial charge in [0.15, 0.2) is 0 Å². The molecule has 6 rings (SSSR count). The fraction of sp³-hybridized carbons (Fsp3) is 0.500. The number of amides is 1. The molecule has 1 aromatic heterocycles. The molecule has 8 nitrogen and oxygen atoms in total. The standard InChI is InChI=1S/C22H25N7O/c1-25-9-15(8-23)27-20-26-5-4-18(28-20)14-6-16-2-3-17(7-14)29(16)19(30)22-10-21(11-22,12-22)13-24/h4-6,8-9,16-17H,2-3,7,10-12,23H2,1H3,(H,26,27,28). The molecule has 4 bridgehead atoms. The van der Waals surface area contributed by atoms with Crippen LogP contribution in [0.3, 0.4) is 0 Å². The van der Waals surface area contributed by atoms with Crippen molar-refractivity contribution in [3.05, 3.63) is 35.9 Å². The SMILES string of the molecule is CN=CC(=CN)Nc1nccc(C2=CC3CCC(C2)N3C(=O)C23CC(C#N)(C2)C3)n1. The van der Waals surface area contributed by atoms with Gasteiger partial charge in [0, 0.05) is 31.7 Å². The molecule has 0 aromatic carbocycles. The number of anilines is 1. The number of hydrogen-bond acceptors (Lipinski definition) is 7. The summed E-state index contributed by atoms with van der Waals surface area (Å²) in [5.41, 5.74) is 7.81. The van der Waals surface area contributed by atoms with E-state index in [-0.39, 0.29) is 28.8 Å². The molecule has 2 atom stereocenters. The highest BCUT2D eigenvalue weighted by Crippen LogP contribution is 2.74. The first-order chi connectivity index (χ1) is 14.5. The van der Waals surface area contributed by atoms with Crippen molar-refractivity contribution in [2.45, 2.75) is 50.6 Å². The molecular formula is C22H25N7O. The Labute approximate surface area is 175 Å². The zero-order chi connectivity index (χ0) is 20.9. The summed E-state index contributed by atoms with van der Waals surface area (Å²) in [7, 11) is 1.67.